The molecule has 0 unspecified atom stereocenters. The molecular formula is C11H20N2O2. The smallest absolute Gasteiger partial charge is 0.234 e. The van der Waals surface area contributed by atoms with E-state index in [0.717, 1.165) is 0 Å². The lowest BCUT2D eigenvalue weighted by Crippen LogP contribution is -2.65. The van der Waals surface area contributed by atoms with Gasteiger partial charge in [-0.15, -0.1) is 6.58 Å². The van der Waals surface area contributed by atoms with Crippen LogP contribution in [0.25, 0.3) is 0 Å². The second kappa shape index (κ2) is 4.77. The summed E-state index contributed by atoms with van der Waals surface area (Å²) in [5.74, 6) is 0.227. The molecule has 4 heteroatoms. The van der Waals surface area contributed by atoms with Crippen LogP contribution in [0.2, 0.25) is 0 Å². The van der Waals surface area contributed by atoms with Crippen LogP contribution >= 0.6 is 0 Å². The van der Waals surface area contributed by atoms with Gasteiger partial charge in [0, 0.05) is 19.6 Å². The summed E-state index contributed by atoms with van der Waals surface area (Å²) in [6.45, 7) is 9.56. The Labute approximate surface area is 91.0 Å². The molecule has 1 fully saturated rings. The van der Waals surface area contributed by atoms with Crippen LogP contribution in [0, 0.1) is 5.92 Å². The zero-order valence-electron chi connectivity index (χ0n) is 9.49. The minimum Gasteiger partial charge on any atom is -0.387 e. The van der Waals surface area contributed by atoms with Crippen LogP contribution < -0.4 is 5.32 Å². The van der Waals surface area contributed by atoms with Gasteiger partial charge in [0.25, 0.3) is 0 Å². The summed E-state index contributed by atoms with van der Waals surface area (Å²) in [6, 6.07) is 0. The number of hydrogen-bond donors (Lipinski definition) is 2. The maximum atomic E-state index is 11.3. The highest BCUT2D eigenvalue weighted by Gasteiger charge is 2.43. The number of likely N-dealkylation sites (tertiary alicyclic amines) is 1. The van der Waals surface area contributed by atoms with E-state index in [1.807, 2.05) is 18.7 Å². The van der Waals surface area contributed by atoms with Gasteiger partial charge in [-0.25, -0.2) is 0 Å². The van der Waals surface area contributed by atoms with Crippen molar-refractivity contribution in [3.63, 3.8) is 0 Å². The van der Waals surface area contributed by atoms with Gasteiger partial charge in [0.15, 0.2) is 0 Å². The molecule has 1 amide bonds. The van der Waals surface area contributed by atoms with Gasteiger partial charge >= 0.3 is 0 Å². The fourth-order valence-electron chi connectivity index (χ4n) is 1.65. The lowest BCUT2D eigenvalue weighted by atomic mass is 9.83. The average molecular weight is 212 g/mol. The van der Waals surface area contributed by atoms with Crippen LogP contribution in [0.1, 0.15) is 13.8 Å². The van der Waals surface area contributed by atoms with E-state index < -0.39 is 5.60 Å². The number of nitrogens with one attached hydrogen (secondary N) is 1. The van der Waals surface area contributed by atoms with Crippen molar-refractivity contribution < 1.29 is 9.90 Å². The standard InChI is InChI=1S/C11H20N2O2/c1-4-5-12-10(14)6-13-7-11(15,8-13)9(2)3/h4,9,15H,1,5-8H2,2-3H3,(H,12,14). The Balaban J connectivity index is 2.22. The van der Waals surface area contributed by atoms with E-state index in [1.54, 1.807) is 6.08 Å². The Morgan fingerprint density at radius 2 is 2.27 bits per heavy atom. The molecule has 1 rings (SSSR count). The molecule has 2 N–H and O–H groups in total. The Bertz CT molecular complexity index is 245. The van der Waals surface area contributed by atoms with Crippen molar-refractivity contribution in [3.8, 4) is 0 Å². The van der Waals surface area contributed by atoms with Crippen LogP contribution in [-0.4, -0.2) is 47.7 Å². The molecule has 1 aliphatic heterocycles. The second-order valence-electron chi connectivity index (χ2n) is 4.50. The lowest BCUT2D eigenvalue weighted by molar-refractivity contribution is -0.142. The number of nitrogens with zero attached hydrogens (tertiary/aromatic N) is 1. The number of rotatable bonds is 5. The van der Waals surface area contributed by atoms with E-state index in [4.69, 9.17) is 0 Å². The summed E-state index contributed by atoms with van der Waals surface area (Å²) in [4.78, 5) is 13.2. The van der Waals surface area contributed by atoms with Crippen molar-refractivity contribution in [3.05, 3.63) is 12.7 Å². The predicted octanol–water partition coefficient (Wildman–Crippen LogP) is -0.00870. The first-order chi connectivity index (χ1) is 6.98. The molecule has 4 nitrogen and oxygen atoms in total. The lowest BCUT2D eigenvalue weighted by Gasteiger charge is -2.48. The molecular weight excluding hydrogens is 192 g/mol. The first kappa shape index (κ1) is 12.2. The van der Waals surface area contributed by atoms with Gasteiger partial charge in [0.1, 0.15) is 0 Å². The molecule has 0 aliphatic carbocycles. The van der Waals surface area contributed by atoms with Gasteiger partial charge in [-0.1, -0.05) is 19.9 Å². The quantitative estimate of drug-likeness (QED) is 0.630. The van der Waals surface area contributed by atoms with E-state index in [-0.39, 0.29) is 11.8 Å². The highest BCUT2D eigenvalue weighted by molar-refractivity contribution is 5.78. The normalized spacial score (nSPS) is 19.7. The van der Waals surface area contributed by atoms with Gasteiger partial charge in [0.2, 0.25) is 5.91 Å². The summed E-state index contributed by atoms with van der Waals surface area (Å²) in [7, 11) is 0. The Kier molecular flexibility index (Phi) is 3.88. The maximum Gasteiger partial charge on any atom is 0.234 e. The van der Waals surface area contributed by atoms with Gasteiger partial charge < -0.3 is 10.4 Å². The third-order valence-corrected chi connectivity index (χ3v) is 2.88. The topological polar surface area (TPSA) is 52.6 Å². The molecule has 0 aromatic rings. The van der Waals surface area contributed by atoms with Crippen LogP contribution in [0.5, 0.6) is 0 Å². The molecule has 1 heterocycles. The first-order valence-electron chi connectivity index (χ1n) is 5.30. The molecule has 1 saturated heterocycles. The van der Waals surface area contributed by atoms with Crippen LogP contribution in [0.4, 0.5) is 0 Å². The van der Waals surface area contributed by atoms with Crippen molar-refractivity contribution >= 4 is 5.91 Å². The van der Waals surface area contributed by atoms with Crippen molar-refractivity contribution in [1.82, 2.24) is 10.2 Å². The van der Waals surface area contributed by atoms with Crippen molar-refractivity contribution in [2.24, 2.45) is 5.92 Å². The SMILES string of the molecule is C=CCNC(=O)CN1CC(O)(C(C)C)C1. The minimum atomic E-state index is -0.598. The molecule has 86 valence electrons. The van der Waals surface area contributed by atoms with Crippen molar-refractivity contribution in [2.75, 3.05) is 26.2 Å². The number of carbonyl (C=O) groups excluding carboxylic acids is 1. The number of hydrogen-bond acceptors (Lipinski definition) is 3. The highest BCUT2D eigenvalue weighted by Crippen LogP contribution is 2.27. The first-order valence-corrected chi connectivity index (χ1v) is 5.30. The summed E-state index contributed by atoms with van der Waals surface area (Å²) >= 11 is 0. The highest BCUT2D eigenvalue weighted by atomic mass is 16.3. The second-order valence-corrected chi connectivity index (χ2v) is 4.50. The number of carbonyl (C=O) groups is 1. The molecule has 0 bridgehead atoms. The Hall–Kier alpha value is -0.870. The minimum absolute atomic E-state index is 0.0132. The van der Waals surface area contributed by atoms with E-state index in [1.165, 1.54) is 0 Å². The van der Waals surface area contributed by atoms with E-state index in [0.29, 0.717) is 26.2 Å². The van der Waals surface area contributed by atoms with Gasteiger partial charge in [-0.2, -0.15) is 0 Å². The average Bonchev–Trinajstić information content (AvgIpc) is 2.11. The fourth-order valence-corrected chi connectivity index (χ4v) is 1.65. The fraction of sp³-hybridized carbons (Fsp3) is 0.727. The van der Waals surface area contributed by atoms with E-state index in [2.05, 4.69) is 11.9 Å². The van der Waals surface area contributed by atoms with E-state index >= 15 is 0 Å². The summed E-state index contributed by atoms with van der Waals surface area (Å²) in [5.41, 5.74) is -0.598. The third-order valence-electron chi connectivity index (χ3n) is 2.88. The third kappa shape index (κ3) is 3.04. The Morgan fingerprint density at radius 3 is 2.73 bits per heavy atom. The summed E-state index contributed by atoms with van der Waals surface area (Å²) < 4.78 is 0. The molecule has 0 radical (unpaired) electrons. The number of aliphatic hydroxyl groups is 1. The molecule has 0 spiro atoms. The van der Waals surface area contributed by atoms with Crippen LogP contribution in [0.3, 0.4) is 0 Å². The van der Waals surface area contributed by atoms with Crippen LogP contribution in [-0.2, 0) is 4.79 Å². The number of β-amino-alcohol motifs (C(OH)–C–C–N with tert-alkyl or cyclic N) is 1. The van der Waals surface area contributed by atoms with Crippen molar-refractivity contribution in [1.29, 1.82) is 0 Å². The monoisotopic (exact) mass is 212 g/mol. The molecule has 0 aromatic heterocycles. The maximum absolute atomic E-state index is 11.3. The largest absolute Gasteiger partial charge is 0.387 e. The summed E-state index contributed by atoms with van der Waals surface area (Å²) in [6.07, 6.45) is 1.65. The van der Waals surface area contributed by atoms with Crippen molar-refractivity contribution in [2.45, 2.75) is 19.4 Å². The molecule has 0 atom stereocenters. The summed E-state index contributed by atoms with van der Waals surface area (Å²) in [5, 5.41) is 12.7. The van der Waals surface area contributed by atoms with Gasteiger partial charge in [-0.05, 0) is 5.92 Å². The molecule has 0 saturated carbocycles. The Morgan fingerprint density at radius 1 is 1.67 bits per heavy atom. The zero-order valence-corrected chi connectivity index (χ0v) is 9.49. The van der Waals surface area contributed by atoms with Gasteiger partial charge in [0.05, 0.1) is 12.1 Å². The van der Waals surface area contributed by atoms with E-state index in [9.17, 15) is 9.90 Å². The van der Waals surface area contributed by atoms with Gasteiger partial charge in [-0.3, -0.25) is 9.69 Å². The molecule has 15 heavy (non-hydrogen) atoms. The predicted molar refractivity (Wildman–Crippen MR) is 59.4 cm³/mol. The zero-order chi connectivity index (χ0) is 11.5. The molecule has 1 aliphatic rings. The molecule has 0 aromatic carbocycles. The number of amides is 1. The van der Waals surface area contributed by atoms with Crippen LogP contribution in [0.15, 0.2) is 12.7 Å².